The third-order valence-electron chi connectivity index (χ3n) is 3.02. The molecule has 1 aromatic rings. The molecular formula is C14H23NO2S. The molecule has 1 rings (SSSR count). The predicted molar refractivity (Wildman–Crippen MR) is 76.6 cm³/mol. The number of hydrogen-bond donors (Lipinski definition) is 1. The van der Waals surface area contributed by atoms with Crippen molar-refractivity contribution in [2.45, 2.75) is 32.2 Å². The molecule has 0 aliphatic rings. The van der Waals surface area contributed by atoms with Gasteiger partial charge >= 0.3 is 0 Å². The summed E-state index contributed by atoms with van der Waals surface area (Å²) in [6, 6.07) is 8.12. The average Bonchev–Trinajstić information content (AvgIpc) is 2.33. The van der Waals surface area contributed by atoms with E-state index < -0.39 is 9.84 Å². The van der Waals surface area contributed by atoms with E-state index in [0.29, 0.717) is 0 Å². The third-order valence-corrected chi connectivity index (χ3v) is 3.96. The number of hydrogen-bond acceptors (Lipinski definition) is 3. The van der Waals surface area contributed by atoms with Gasteiger partial charge < -0.3 is 5.32 Å². The first-order valence-electron chi connectivity index (χ1n) is 6.40. The Kier molecular flexibility index (Phi) is 5.82. The monoisotopic (exact) mass is 269 g/mol. The van der Waals surface area contributed by atoms with Crippen LogP contribution in [-0.2, 0) is 16.3 Å². The maximum absolute atomic E-state index is 11.3. The normalized spacial score (nSPS) is 13.5. The van der Waals surface area contributed by atoms with Crippen molar-refractivity contribution >= 4 is 9.84 Å². The fourth-order valence-corrected chi connectivity index (χ4v) is 2.91. The van der Waals surface area contributed by atoms with Crippen molar-refractivity contribution in [3.05, 3.63) is 35.4 Å². The first-order chi connectivity index (χ1) is 8.46. The highest BCUT2D eigenvalue weighted by molar-refractivity contribution is 7.90. The number of benzene rings is 1. The van der Waals surface area contributed by atoms with Gasteiger partial charge in [0.05, 0.1) is 5.75 Å². The Morgan fingerprint density at radius 1 is 1.22 bits per heavy atom. The SMILES string of the molecule is CCCCc1ccc(C(CS(C)(=O)=O)NC)cc1. The Morgan fingerprint density at radius 2 is 1.83 bits per heavy atom. The lowest BCUT2D eigenvalue weighted by atomic mass is 10.0. The van der Waals surface area contributed by atoms with E-state index in [4.69, 9.17) is 0 Å². The van der Waals surface area contributed by atoms with Crippen molar-refractivity contribution in [3.63, 3.8) is 0 Å². The minimum absolute atomic E-state index is 0.125. The van der Waals surface area contributed by atoms with Gasteiger partial charge in [-0.05, 0) is 31.0 Å². The van der Waals surface area contributed by atoms with E-state index in [2.05, 4.69) is 24.4 Å². The molecule has 0 aromatic heterocycles. The van der Waals surface area contributed by atoms with Gasteiger partial charge in [0.1, 0.15) is 9.84 Å². The molecule has 1 atom stereocenters. The lowest BCUT2D eigenvalue weighted by molar-refractivity contribution is 0.579. The van der Waals surface area contributed by atoms with E-state index in [0.717, 1.165) is 12.0 Å². The second kappa shape index (κ2) is 6.90. The van der Waals surface area contributed by atoms with Crippen molar-refractivity contribution in [1.82, 2.24) is 5.32 Å². The van der Waals surface area contributed by atoms with Crippen LogP contribution < -0.4 is 5.32 Å². The standard InChI is InChI=1S/C14H23NO2S/c1-4-5-6-12-7-9-13(10-8-12)14(15-2)11-18(3,16)17/h7-10,14-15H,4-6,11H2,1-3H3. The summed E-state index contributed by atoms with van der Waals surface area (Å²) in [5.41, 5.74) is 2.35. The van der Waals surface area contributed by atoms with Crippen LogP contribution in [0.15, 0.2) is 24.3 Å². The van der Waals surface area contributed by atoms with Crippen LogP contribution in [0, 0.1) is 0 Å². The summed E-state index contributed by atoms with van der Waals surface area (Å²) in [5.74, 6) is 0.137. The summed E-state index contributed by atoms with van der Waals surface area (Å²) in [6.07, 6.45) is 4.74. The highest BCUT2D eigenvalue weighted by Crippen LogP contribution is 2.16. The molecule has 1 unspecified atom stereocenters. The maximum Gasteiger partial charge on any atom is 0.149 e. The molecular weight excluding hydrogens is 246 g/mol. The molecule has 3 nitrogen and oxygen atoms in total. The van der Waals surface area contributed by atoms with E-state index in [1.54, 1.807) is 7.05 Å². The molecule has 0 radical (unpaired) electrons. The van der Waals surface area contributed by atoms with Gasteiger partial charge in [-0.25, -0.2) is 8.42 Å². The van der Waals surface area contributed by atoms with Crippen LogP contribution in [0.25, 0.3) is 0 Å². The summed E-state index contributed by atoms with van der Waals surface area (Å²) in [5, 5.41) is 3.06. The van der Waals surface area contributed by atoms with E-state index in [-0.39, 0.29) is 11.8 Å². The fourth-order valence-electron chi connectivity index (χ4n) is 1.95. The molecule has 102 valence electrons. The predicted octanol–water partition coefficient (Wildman–Crippen LogP) is 2.33. The van der Waals surface area contributed by atoms with Gasteiger partial charge in [-0.3, -0.25) is 0 Å². The number of aryl methyl sites for hydroxylation is 1. The van der Waals surface area contributed by atoms with Gasteiger partial charge in [-0.2, -0.15) is 0 Å². The molecule has 1 N–H and O–H groups in total. The Hall–Kier alpha value is -0.870. The minimum Gasteiger partial charge on any atom is -0.312 e. The van der Waals surface area contributed by atoms with Gasteiger partial charge in [0.2, 0.25) is 0 Å². The molecule has 0 saturated heterocycles. The largest absolute Gasteiger partial charge is 0.312 e. The maximum atomic E-state index is 11.3. The smallest absolute Gasteiger partial charge is 0.149 e. The molecule has 1 aromatic carbocycles. The lowest BCUT2D eigenvalue weighted by Crippen LogP contribution is -2.24. The van der Waals surface area contributed by atoms with Gasteiger partial charge in [-0.15, -0.1) is 0 Å². The van der Waals surface area contributed by atoms with Gasteiger partial charge in [-0.1, -0.05) is 37.6 Å². The van der Waals surface area contributed by atoms with Crippen molar-refractivity contribution in [3.8, 4) is 0 Å². The van der Waals surface area contributed by atoms with Gasteiger partial charge in [0, 0.05) is 12.3 Å². The number of unbranched alkanes of at least 4 members (excludes halogenated alkanes) is 1. The van der Waals surface area contributed by atoms with Gasteiger partial charge in [0.15, 0.2) is 0 Å². The first kappa shape index (κ1) is 15.2. The van der Waals surface area contributed by atoms with Crippen molar-refractivity contribution in [2.24, 2.45) is 0 Å². The average molecular weight is 269 g/mol. The van der Waals surface area contributed by atoms with E-state index in [9.17, 15) is 8.42 Å². The molecule has 0 spiro atoms. The summed E-state index contributed by atoms with van der Waals surface area (Å²) in [6.45, 7) is 2.18. The molecule has 0 aliphatic heterocycles. The third kappa shape index (κ3) is 5.19. The highest BCUT2D eigenvalue weighted by atomic mass is 32.2. The van der Waals surface area contributed by atoms with Crippen LogP contribution in [0.3, 0.4) is 0 Å². The van der Waals surface area contributed by atoms with Crippen molar-refractivity contribution in [1.29, 1.82) is 0 Å². The minimum atomic E-state index is -2.97. The van der Waals surface area contributed by atoms with Crippen molar-refractivity contribution < 1.29 is 8.42 Å². The number of rotatable bonds is 7. The molecule has 0 fully saturated rings. The fraction of sp³-hybridized carbons (Fsp3) is 0.571. The first-order valence-corrected chi connectivity index (χ1v) is 8.46. The summed E-state index contributed by atoms with van der Waals surface area (Å²) in [4.78, 5) is 0. The zero-order valence-corrected chi connectivity index (χ0v) is 12.3. The molecule has 0 amide bonds. The van der Waals surface area contributed by atoms with Crippen LogP contribution in [0.5, 0.6) is 0 Å². The molecule has 18 heavy (non-hydrogen) atoms. The second-order valence-electron chi connectivity index (χ2n) is 4.78. The molecule has 4 heteroatoms. The van der Waals surface area contributed by atoms with Crippen LogP contribution in [-0.4, -0.2) is 27.5 Å². The van der Waals surface area contributed by atoms with Crippen LogP contribution in [0.1, 0.15) is 36.9 Å². The Balaban J connectivity index is 2.75. The summed E-state index contributed by atoms with van der Waals surface area (Å²) >= 11 is 0. The van der Waals surface area contributed by atoms with Gasteiger partial charge in [0.25, 0.3) is 0 Å². The highest BCUT2D eigenvalue weighted by Gasteiger charge is 2.15. The molecule has 0 heterocycles. The number of nitrogens with one attached hydrogen (secondary N) is 1. The number of sulfone groups is 1. The quantitative estimate of drug-likeness (QED) is 0.826. The Bertz CT molecular complexity index is 451. The molecule has 0 bridgehead atoms. The molecule has 0 aliphatic carbocycles. The van der Waals surface area contributed by atoms with Crippen molar-refractivity contribution in [2.75, 3.05) is 19.1 Å². The summed E-state index contributed by atoms with van der Waals surface area (Å²) in [7, 11) is -1.18. The Morgan fingerprint density at radius 3 is 2.28 bits per heavy atom. The van der Waals surface area contributed by atoms with E-state index >= 15 is 0 Å². The van der Waals surface area contributed by atoms with E-state index in [1.807, 2.05) is 12.1 Å². The second-order valence-corrected chi connectivity index (χ2v) is 6.96. The zero-order chi connectivity index (χ0) is 13.6. The Labute approximate surface area is 111 Å². The van der Waals surface area contributed by atoms with Crippen LogP contribution >= 0.6 is 0 Å². The molecule has 0 saturated carbocycles. The van der Waals surface area contributed by atoms with Crippen LogP contribution in [0.2, 0.25) is 0 Å². The summed E-state index contributed by atoms with van der Waals surface area (Å²) < 4.78 is 22.7. The van der Waals surface area contributed by atoms with Crippen LogP contribution in [0.4, 0.5) is 0 Å². The van der Waals surface area contributed by atoms with E-state index in [1.165, 1.54) is 24.7 Å². The lowest BCUT2D eigenvalue weighted by Gasteiger charge is -2.16. The topological polar surface area (TPSA) is 46.2 Å². The zero-order valence-electron chi connectivity index (χ0n) is 11.4.